The van der Waals surface area contributed by atoms with Crippen molar-refractivity contribution in [1.29, 1.82) is 0 Å². The molecule has 1 unspecified atom stereocenters. The molecule has 0 amide bonds. The molecule has 452 valence electrons. The fourth-order valence-electron chi connectivity index (χ4n) is 11.3. The van der Waals surface area contributed by atoms with Crippen LogP contribution in [0.5, 0.6) is 0 Å². The summed E-state index contributed by atoms with van der Waals surface area (Å²) in [6.45, 7) is 4.21. The third-order valence-corrected chi connectivity index (χ3v) is 16.6. The average Bonchev–Trinajstić information content (AvgIpc) is 3.42. The van der Waals surface area contributed by atoms with Crippen molar-refractivity contribution in [2.75, 3.05) is 13.2 Å². The molecule has 76 heavy (non-hydrogen) atoms. The lowest BCUT2D eigenvalue weighted by atomic mass is 10.0. The molecule has 0 rings (SSSR count). The van der Waals surface area contributed by atoms with Crippen molar-refractivity contribution in [3.05, 3.63) is 12.2 Å². The first-order valence-electron chi connectivity index (χ1n) is 35.2. The van der Waals surface area contributed by atoms with E-state index in [0.717, 1.165) is 32.1 Å². The number of ether oxygens (including phenoxy) is 2. The van der Waals surface area contributed by atoms with Crippen molar-refractivity contribution in [2.24, 2.45) is 0 Å². The monoisotopic (exact) mass is 1070 g/mol. The van der Waals surface area contributed by atoms with Gasteiger partial charge in [0.15, 0.2) is 6.10 Å². The van der Waals surface area contributed by atoms with E-state index in [4.69, 9.17) is 9.47 Å². The smallest absolute Gasteiger partial charge is 0.306 e. The molecule has 0 heterocycles. The van der Waals surface area contributed by atoms with Crippen molar-refractivity contribution in [3.63, 3.8) is 0 Å². The van der Waals surface area contributed by atoms with E-state index in [2.05, 4.69) is 26.0 Å². The van der Waals surface area contributed by atoms with E-state index >= 15 is 0 Å². The van der Waals surface area contributed by atoms with E-state index < -0.39 is 6.10 Å². The fourth-order valence-corrected chi connectivity index (χ4v) is 11.3. The summed E-state index contributed by atoms with van der Waals surface area (Å²) in [5, 5.41) is 9.69. The fraction of sp³-hybridized carbons (Fsp3) is 0.944. The third-order valence-electron chi connectivity index (χ3n) is 16.6. The number of hydrogen-bond acceptors (Lipinski definition) is 5. The first kappa shape index (κ1) is 74.6. The Morgan fingerprint density at radius 1 is 0.289 bits per heavy atom. The predicted molar refractivity (Wildman–Crippen MR) is 335 cm³/mol. The molecule has 0 aliphatic carbocycles. The van der Waals surface area contributed by atoms with E-state index in [1.165, 1.54) is 353 Å². The van der Waals surface area contributed by atoms with E-state index in [1.807, 2.05) is 0 Å². The SMILES string of the molecule is CCCCCCCCCC/C=C\CCCCCCCCCCCCCCCC(=O)OC(CO)COC(=O)CCCCCCCCCCCCCCCCCCCCCCCCCCCCCCCCCCCCCCC. The van der Waals surface area contributed by atoms with Crippen LogP contribution in [0.1, 0.15) is 412 Å². The van der Waals surface area contributed by atoms with Gasteiger partial charge in [0.25, 0.3) is 0 Å². The lowest BCUT2D eigenvalue weighted by Gasteiger charge is -2.15. The second-order valence-electron chi connectivity index (χ2n) is 24.3. The summed E-state index contributed by atoms with van der Waals surface area (Å²) in [7, 11) is 0. The van der Waals surface area contributed by atoms with Gasteiger partial charge in [-0.3, -0.25) is 9.59 Å². The van der Waals surface area contributed by atoms with Gasteiger partial charge in [0, 0.05) is 12.8 Å². The summed E-state index contributed by atoms with van der Waals surface area (Å²) in [6.07, 6.45) is 86.9. The number of carbonyl (C=O) groups excluding carboxylic acids is 2. The zero-order valence-corrected chi connectivity index (χ0v) is 52.1. The Balaban J connectivity index is 3.35. The number of aliphatic hydroxyl groups excluding tert-OH is 1. The number of esters is 2. The quantitative estimate of drug-likeness (QED) is 0.0373. The van der Waals surface area contributed by atoms with Crippen molar-refractivity contribution in [3.8, 4) is 0 Å². The molecule has 0 aromatic carbocycles. The van der Waals surface area contributed by atoms with Gasteiger partial charge in [-0.25, -0.2) is 0 Å². The Labute approximate surface area is 477 Å². The van der Waals surface area contributed by atoms with Crippen LogP contribution >= 0.6 is 0 Å². The topological polar surface area (TPSA) is 72.8 Å². The minimum atomic E-state index is -0.768. The van der Waals surface area contributed by atoms with Crippen molar-refractivity contribution < 1.29 is 24.2 Å². The van der Waals surface area contributed by atoms with E-state index in [0.29, 0.717) is 12.8 Å². The standard InChI is InChI=1S/C71H138O5/c1-3-5-7-9-11-13-15-17-19-21-23-25-27-29-30-31-32-33-34-35-36-37-38-39-40-42-43-45-47-49-51-53-55-57-59-61-63-65-70(73)75-68-69(67-72)76-71(74)66-64-62-60-58-56-54-52-50-48-46-44-41-28-26-24-22-20-18-16-14-12-10-8-6-4-2/h22,24,69,72H,3-21,23,25-68H2,1-2H3/b24-22-. The Morgan fingerprint density at radius 2 is 0.487 bits per heavy atom. The number of allylic oxidation sites excluding steroid dienone is 2. The summed E-state index contributed by atoms with van der Waals surface area (Å²) in [5.41, 5.74) is 0. The molecule has 5 heteroatoms. The first-order valence-corrected chi connectivity index (χ1v) is 35.2. The average molecular weight is 1070 g/mol. The minimum Gasteiger partial charge on any atom is -0.462 e. The predicted octanol–water partition coefficient (Wildman–Crippen LogP) is 24.2. The number of aliphatic hydroxyl groups is 1. The highest BCUT2D eigenvalue weighted by Crippen LogP contribution is 2.19. The second kappa shape index (κ2) is 67.9. The van der Waals surface area contributed by atoms with Crippen LogP contribution in [0.2, 0.25) is 0 Å². The van der Waals surface area contributed by atoms with Gasteiger partial charge in [-0.15, -0.1) is 0 Å². The van der Waals surface area contributed by atoms with Gasteiger partial charge in [0.2, 0.25) is 0 Å². The molecule has 0 radical (unpaired) electrons. The molecule has 0 bridgehead atoms. The molecule has 0 aromatic heterocycles. The van der Waals surface area contributed by atoms with Crippen LogP contribution in [0, 0.1) is 0 Å². The zero-order chi connectivity index (χ0) is 54.8. The maximum absolute atomic E-state index is 12.3. The summed E-state index contributed by atoms with van der Waals surface area (Å²) in [5.74, 6) is -0.564. The van der Waals surface area contributed by atoms with Crippen LogP contribution in [0.15, 0.2) is 12.2 Å². The molecule has 0 aromatic rings. The summed E-state index contributed by atoms with van der Waals surface area (Å²) in [6, 6.07) is 0. The van der Waals surface area contributed by atoms with Crippen LogP contribution in [0.25, 0.3) is 0 Å². The van der Waals surface area contributed by atoms with Gasteiger partial charge < -0.3 is 14.6 Å². The summed E-state index contributed by atoms with van der Waals surface area (Å²) < 4.78 is 10.8. The van der Waals surface area contributed by atoms with Crippen molar-refractivity contribution in [1.82, 2.24) is 0 Å². The first-order chi connectivity index (χ1) is 37.6. The van der Waals surface area contributed by atoms with Crippen LogP contribution in [-0.4, -0.2) is 36.4 Å². The highest BCUT2D eigenvalue weighted by molar-refractivity contribution is 5.70. The van der Waals surface area contributed by atoms with E-state index in [9.17, 15) is 14.7 Å². The second-order valence-corrected chi connectivity index (χ2v) is 24.3. The van der Waals surface area contributed by atoms with Crippen molar-refractivity contribution >= 4 is 11.9 Å². The van der Waals surface area contributed by atoms with Crippen LogP contribution in [0.4, 0.5) is 0 Å². The van der Waals surface area contributed by atoms with Gasteiger partial charge in [-0.2, -0.15) is 0 Å². The van der Waals surface area contributed by atoms with Gasteiger partial charge in [0.05, 0.1) is 6.61 Å². The van der Waals surface area contributed by atoms with Crippen LogP contribution in [0.3, 0.4) is 0 Å². The number of hydrogen-bond donors (Lipinski definition) is 1. The lowest BCUT2D eigenvalue weighted by molar-refractivity contribution is -0.161. The Hall–Kier alpha value is -1.36. The van der Waals surface area contributed by atoms with Crippen LogP contribution < -0.4 is 0 Å². The molecule has 0 spiro atoms. The van der Waals surface area contributed by atoms with Crippen LogP contribution in [-0.2, 0) is 19.1 Å². The maximum Gasteiger partial charge on any atom is 0.306 e. The Kier molecular flexibility index (Phi) is 66.7. The van der Waals surface area contributed by atoms with Gasteiger partial charge in [-0.05, 0) is 38.5 Å². The Morgan fingerprint density at radius 3 is 0.711 bits per heavy atom. The molecular weight excluding hydrogens is 933 g/mol. The summed E-state index contributed by atoms with van der Waals surface area (Å²) >= 11 is 0. The Bertz CT molecular complexity index is 1120. The lowest BCUT2D eigenvalue weighted by Crippen LogP contribution is -2.28. The van der Waals surface area contributed by atoms with E-state index in [-0.39, 0.29) is 25.2 Å². The highest BCUT2D eigenvalue weighted by Gasteiger charge is 2.16. The van der Waals surface area contributed by atoms with Gasteiger partial charge in [-0.1, -0.05) is 373 Å². The molecule has 5 nitrogen and oxygen atoms in total. The molecule has 0 saturated carbocycles. The van der Waals surface area contributed by atoms with Gasteiger partial charge >= 0.3 is 11.9 Å². The number of rotatable bonds is 67. The molecule has 1 atom stereocenters. The number of unbranched alkanes of at least 4 members (excludes halogenated alkanes) is 57. The summed E-state index contributed by atoms with van der Waals surface area (Å²) in [4.78, 5) is 24.6. The highest BCUT2D eigenvalue weighted by atomic mass is 16.6. The molecule has 0 aliphatic rings. The largest absolute Gasteiger partial charge is 0.462 e. The normalized spacial score (nSPS) is 12.1. The molecule has 0 aliphatic heterocycles. The molecule has 1 N–H and O–H groups in total. The van der Waals surface area contributed by atoms with Gasteiger partial charge in [0.1, 0.15) is 6.61 Å². The maximum atomic E-state index is 12.3. The minimum absolute atomic E-state index is 0.0577. The molecule has 0 saturated heterocycles. The third kappa shape index (κ3) is 65.2. The molecular formula is C71H138O5. The van der Waals surface area contributed by atoms with E-state index in [1.54, 1.807) is 0 Å². The van der Waals surface area contributed by atoms with Crippen molar-refractivity contribution in [2.45, 2.75) is 418 Å². The number of carbonyl (C=O) groups is 2. The zero-order valence-electron chi connectivity index (χ0n) is 52.1. The molecule has 0 fully saturated rings.